The number of carbonyl (C=O) groups excluding carboxylic acids is 1. The van der Waals surface area contributed by atoms with E-state index in [-0.39, 0.29) is 6.42 Å². The molecule has 0 heterocycles. The van der Waals surface area contributed by atoms with Gasteiger partial charge in [0.15, 0.2) is 0 Å². The molecule has 2 rings (SSSR count). The second-order valence-corrected chi connectivity index (χ2v) is 8.62. The molecule has 2 aromatic rings. The van der Waals surface area contributed by atoms with Crippen LogP contribution in [0.5, 0.6) is 0 Å². The highest BCUT2D eigenvalue weighted by atomic mass is 35.5. The summed E-state index contributed by atoms with van der Waals surface area (Å²) in [4.78, 5) is 12.8. The molecule has 5 nitrogen and oxygen atoms in total. The summed E-state index contributed by atoms with van der Waals surface area (Å²) < 4.78 is 25.8. The number of sulfonamides is 1. The average Bonchev–Trinajstić information content (AvgIpc) is 2.54. The number of benzene rings is 2. The van der Waals surface area contributed by atoms with Crippen molar-refractivity contribution in [1.29, 1.82) is 0 Å². The number of rotatable bonds is 6. The number of carbonyl (C=O) groups is 1. The van der Waals surface area contributed by atoms with Crippen molar-refractivity contribution in [3.8, 4) is 0 Å². The van der Waals surface area contributed by atoms with Gasteiger partial charge in [-0.15, -0.1) is 0 Å². The number of aryl methyl sites for hydroxylation is 1. The molecule has 0 spiro atoms. The van der Waals surface area contributed by atoms with E-state index in [1.54, 1.807) is 43.3 Å². The molecular formula is C18H20Cl2N2O3S. The molecule has 0 fully saturated rings. The normalized spacial score (nSPS) is 12.5. The summed E-state index contributed by atoms with van der Waals surface area (Å²) >= 11 is 12.1. The Morgan fingerprint density at radius 2 is 1.88 bits per heavy atom. The van der Waals surface area contributed by atoms with Crippen LogP contribution in [-0.2, 0) is 14.8 Å². The molecule has 0 saturated carbocycles. The first-order valence-electron chi connectivity index (χ1n) is 7.95. The van der Waals surface area contributed by atoms with Crippen LogP contribution >= 0.6 is 23.2 Å². The van der Waals surface area contributed by atoms with Crippen LogP contribution in [0.4, 0.5) is 11.4 Å². The topological polar surface area (TPSA) is 66.5 Å². The van der Waals surface area contributed by atoms with Crippen molar-refractivity contribution < 1.29 is 13.2 Å². The van der Waals surface area contributed by atoms with E-state index in [9.17, 15) is 13.2 Å². The summed E-state index contributed by atoms with van der Waals surface area (Å²) in [6.45, 7) is 3.60. The molecule has 0 radical (unpaired) electrons. The molecule has 0 aromatic heterocycles. The van der Waals surface area contributed by atoms with E-state index in [0.29, 0.717) is 21.4 Å². The van der Waals surface area contributed by atoms with Crippen LogP contribution in [0.3, 0.4) is 0 Å². The van der Waals surface area contributed by atoms with Gasteiger partial charge >= 0.3 is 0 Å². The summed E-state index contributed by atoms with van der Waals surface area (Å²) in [6, 6.07) is 10.6. The van der Waals surface area contributed by atoms with E-state index in [1.807, 2.05) is 6.92 Å². The molecule has 0 bridgehead atoms. The van der Waals surface area contributed by atoms with Crippen LogP contribution in [0.15, 0.2) is 42.5 Å². The molecule has 0 aliphatic carbocycles. The van der Waals surface area contributed by atoms with Gasteiger partial charge in [0.2, 0.25) is 15.9 Å². The largest absolute Gasteiger partial charge is 0.324 e. The standard InChI is InChI=1S/C18H20Cl2N2O3S/c1-4-17(18(23)21-14-9-8-12(2)16(20)11-14)22(26(3,24)25)15-7-5-6-13(19)10-15/h5-11,17H,4H2,1-3H3,(H,21,23). The highest BCUT2D eigenvalue weighted by Gasteiger charge is 2.31. The molecule has 0 saturated heterocycles. The van der Waals surface area contributed by atoms with Crippen molar-refractivity contribution in [3.63, 3.8) is 0 Å². The van der Waals surface area contributed by atoms with Crippen molar-refractivity contribution in [2.75, 3.05) is 15.9 Å². The lowest BCUT2D eigenvalue weighted by molar-refractivity contribution is -0.117. The van der Waals surface area contributed by atoms with E-state index < -0.39 is 22.0 Å². The third-order valence-corrected chi connectivity index (χ3v) is 5.65. The van der Waals surface area contributed by atoms with Crippen LogP contribution in [0.25, 0.3) is 0 Å². The summed E-state index contributed by atoms with van der Waals surface area (Å²) in [6.07, 6.45) is 1.34. The predicted octanol–water partition coefficient (Wildman–Crippen LogP) is 4.49. The molecule has 1 unspecified atom stereocenters. The summed E-state index contributed by atoms with van der Waals surface area (Å²) in [5, 5.41) is 3.64. The van der Waals surface area contributed by atoms with Gasteiger partial charge in [-0.2, -0.15) is 0 Å². The lowest BCUT2D eigenvalue weighted by Crippen LogP contribution is -2.47. The van der Waals surface area contributed by atoms with E-state index in [4.69, 9.17) is 23.2 Å². The van der Waals surface area contributed by atoms with Gasteiger partial charge < -0.3 is 5.32 Å². The highest BCUT2D eigenvalue weighted by molar-refractivity contribution is 7.92. The Morgan fingerprint density at radius 3 is 2.42 bits per heavy atom. The van der Waals surface area contributed by atoms with Crippen LogP contribution < -0.4 is 9.62 Å². The van der Waals surface area contributed by atoms with Gasteiger partial charge in [0.25, 0.3) is 0 Å². The zero-order valence-electron chi connectivity index (χ0n) is 14.7. The van der Waals surface area contributed by atoms with Gasteiger partial charge in [-0.25, -0.2) is 8.42 Å². The molecule has 2 aromatic carbocycles. The summed E-state index contributed by atoms with van der Waals surface area (Å²) in [7, 11) is -3.71. The first-order valence-corrected chi connectivity index (χ1v) is 10.6. The van der Waals surface area contributed by atoms with Gasteiger partial charge in [-0.3, -0.25) is 9.10 Å². The first kappa shape index (κ1) is 20.6. The first-order chi connectivity index (χ1) is 12.1. The Hall–Kier alpha value is -1.76. The quantitative estimate of drug-likeness (QED) is 0.756. The van der Waals surface area contributed by atoms with Crippen LogP contribution in [0, 0.1) is 6.92 Å². The third kappa shape index (κ3) is 4.90. The fourth-order valence-corrected chi connectivity index (χ4v) is 4.14. The van der Waals surface area contributed by atoms with Crippen molar-refractivity contribution in [1.82, 2.24) is 0 Å². The molecule has 140 valence electrons. The van der Waals surface area contributed by atoms with Crippen molar-refractivity contribution in [2.24, 2.45) is 0 Å². The van der Waals surface area contributed by atoms with Crippen molar-refractivity contribution >= 4 is 50.5 Å². The maximum atomic E-state index is 12.8. The van der Waals surface area contributed by atoms with E-state index >= 15 is 0 Å². The van der Waals surface area contributed by atoms with E-state index in [1.165, 1.54) is 6.07 Å². The smallest absolute Gasteiger partial charge is 0.248 e. The number of amides is 1. The Bertz CT molecular complexity index is 916. The number of hydrogen-bond donors (Lipinski definition) is 1. The Labute approximate surface area is 164 Å². The maximum Gasteiger partial charge on any atom is 0.248 e. The fourth-order valence-electron chi connectivity index (χ4n) is 2.57. The zero-order valence-corrected chi connectivity index (χ0v) is 17.0. The number of nitrogens with one attached hydrogen (secondary N) is 1. The van der Waals surface area contributed by atoms with Crippen molar-refractivity contribution in [2.45, 2.75) is 26.3 Å². The van der Waals surface area contributed by atoms with E-state index in [0.717, 1.165) is 16.1 Å². The fraction of sp³-hybridized carbons (Fsp3) is 0.278. The molecule has 0 aliphatic rings. The lowest BCUT2D eigenvalue weighted by Gasteiger charge is -2.30. The number of nitrogens with zero attached hydrogens (tertiary/aromatic N) is 1. The van der Waals surface area contributed by atoms with Gasteiger partial charge in [0.05, 0.1) is 11.9 Å². The minimum absolute atomic E-state index is 0.283. The third-order valence-electron chi connectivity index (χ3n) is 3.83. The van der Waals surface area contributed by atoms with Gasteiger partial charge in [-0.1, -0.05) is 42.3 Å². The van der Waals surface area contributed by atoms with Crippen LogP contribution in [-0.4, -0.2) is 26.6 Å². The molecule has 0 aliphatic heterocycles. The maximum absolute atomic E-state index is 12.8. The number of halogens is 2. The molecule has 26 heavy (non-hydrogen) atoms. The number of hydrogen-bond acceptors (Lipinski definition) is 3. The van der Waals surface area contributed by atoms with Gasteiger partial charge in [0, 0.05) is 15.7 Å². The van der Waals surface area contributed by atoms with Gasteiger partial charge in [-0.05, 0) is 49.2 Å². The van der Waals surface area contributed by atoms with Crippen LogP contribution in [0.2, 0.25) is 10.0 Å². The summed E-state index contributed by atoms with van der Waals surface area (Å²) in [5.41, 5.74) is 1.72. The molecule has 1 amide bonds. The van der Waals surface area contributed by atoms with Crippen LogP contribution in [0.1, 0.15) is 18.9 Å². The lowest BCUT2D eigenvalue weighted by atomic mass is 10.1. The molecule has 1 atom stereocenters. The Morgan fingerprint density at radius 1 is 1.19 bits per heavy atom. The second kappa shape index (κ2) is 8.29. The minimum Gasteiger partial charge on any atom is -0.324 e. The second-order valence-electron chi connectivity index (χ2n) is 5.92. The zero-order chi connectivity index (χ0) is 19.5. The molecule has 1 N–H and O–H groups in total. The predicted molar refractivity (Wildman–Crippen MR) is 108 cm³/mol. The Balaban J connectivity index is 2.38. The van der Waals surface area contributed by atoms with Crippen molar-refractivity contribution in [3.05, 3.63) is 58.1 Å². The average molecular weight is 415 g/mol. The highest BCUT2D eigenvalue weighted by Crippen LogP contribution is 2.26. The summed E-state index contributed by atoms with van der Waals surface area (Å²) in [5.74, 6) is -0.446. The molecule has 8 heteroatoms. The van der Waals surface area contributed by atoms with E-state index in [2.05, 4.69) is 5.32 Å². The monoisotopic (exact) mass is 414 g/mol. The van der Waals surface area contributed by atoms with Gasteiger partial charge in [0.1, 0.15) is 6.04 Å². The SMILES string of the molecule is CCC(C(=O)Nc1ccc(C)c(Cl)c1)N(c1cccc(Cl)c1)S(C)(=O)=O. The number of anilines is 2. The molecular weight excluding hydrogens is 395 g/mol. The Kier molecular flexibility index (Phi) is 6.55. The minimum atomic E-state index is -3.71.